The molecule has 136 valence electrons. The van der Waals surface area contributed by atoms with Gasteiger partial charge in [-0.15, -0.1) is 0 Å². The standard InChI is InChI=1S/C20H25ClO4/c21-15-10-7-14(8-11-15)9-12-17-16(18(22)13-19(17)23)5-3-1-2-4-6-20(24)25/h7-12,16-17,19,23H,1-6,13H2,(H,24,25)/t16-,17-,19+/m0/s1. The molecule has 2 N–H and O–H groups in total. The number of ketones is 1. The van der Waals surface area contributed by atoms with Crippen LogP contribution in [0, 0.1) is 11.8 Å². The van der Waals surface area contributed by atoms with Crippen LogP contribution in [0.15, 0.2) is 30.3 Å². The Labute approximate surface area is 153 Å². The van der Waals surface area contributed by atoms with Gasteiger partial charge in [0.2, 0.25) is 0 Å². The number of benzene rings is 1. The lowest BCUT2D eigenvalue weighted by Gasteiger charge is -2.17. The van der Waals surface area contributed by atoms with Crippen LogP contribution in [0.25, 0.3) is 6.08 Å². The molecule has 0 spiro atoms. The number of unbranched alkanes of at least 4 members (excludes halogenated alkanes) is 3. The number of Topliss-reactive ketones (excluding diaryl/α,β-unsaturated/α-hetero) is 1. The van der Waals surface area contributed by atoms with Crippen molar-refractivity contribution in [3.63, 3.8) is 0 Å². The van der Waals surface area contributed by atoms with Crippen LogP contribution in [-0.4, -0.2) is 28.1 Å². The van der Waals surface area contributed by atoms with Gasteiger partial charge in [0.15, 0.2) is 0 Å². The van der Waals surface area contributed by atoms with E-state index in [4.69, 9.17) is 16.7 Å². The molecule has 1 aliphatic carbocycles. The number of carboxylic acids is 1. The third kappa shape index (κ3) is 6.29. The Hall–Kier alpha value is -1.65. The topological polar surface area (TPSA) is 74.6 Å². The first-order valence-corrected chi connectivity index (χ1v) is 9.21. The molecule has 3 atom stereocenters. The second-order valence-electron chi connectivity index (χ2n) is 6.68. The van der Waals surface area contributed by atoms with Crippen LogP contribution in [0.2, 0.25) is 5.02 Å². The zero-order valence-electron chi connectivity index (χ0n) is 14.2. The normalized spacial score (nSPS) is 23.4. The minimum absolute atomic E-state index is 0.129. The fourth-order valence-electron chi connectivity index (χ4n) is 3.38. The molecule has 0 bridgehead atoms. The van der Waals surface area contributed by atoms with E-state index < -0.39 is 12.1 Å². The maximum atomic E-state index is 12.2. The Bertz CT molecular complexity index is 609. The zero-order chi connectivity index (χ0) is 18.2. The van der Waals surface area contributed by atoms with Crippen LogP contribution in [0.1, 0.15) is 50.5 Å². The van der Waals surface area contributed by atoms with Crippen LogP contribution >= 0.6 is 11.6 Å². The van der Waals surface area contributed by atoms with Gasteiger partial charge in [0.1, 0.15) is 5.78 Å². The van der Waals surface area contributed by atoms with Crippen LogP contribution in [0.3, 0.4) is 0 Å². The number of carbonyl (C=O) groups is 2. The number of aliphatic hydroxyl groups excluding tert-OH is 1. The fraction of sp³-hybridized carbons (Fsp3) is 0.500. The number of aliphatic hydroxyl groups is 1. The molecule has 0 saturated heterocycles. The van der Waals surface area contributed by atoms with E-state index in [-0.39, 0.29) is 30.5 Å². The first kappa shape index (κ1) is 19.7. The first-order chi connectivity index (χ1) is 12.0. The van der Waals surface area contributed by atoms with Gasteiger partial charge in [-0.25, -0.2) is 0 Å². The SMILES string of the molecule is O=C(O)CCCCCC[C@@H]1C(=O)C[C@@H](O)[C@H]1C=Cc1ccc(Cl)cc1. The van der Waals surface area contributed by atoms with Gasteiger partial charge in [-0.3, -0.25) is 9.59 Å². The molecular weight excluding hydrogens is 340 g/mol. The lowest BCUT2D eigenvalue weighted by Crippen LogP contribution is -2.18. The molecule has 0 aromatic heterocycles. The summed E-state index contributed by atoms with van der Waals surface area (Å²) in [7, 11) is 0. The summed E-state index contributed by atoms with van der Waals surface area (Å²) < 4.78 is 0. The maximum Gasteiger partial charge on any atom is 0.303 e. The molecule has 1 aromatic carbocycles. The summed E-state index contributed by atoms with van der Waals surface area (Å²) in [6, 6.07) is 7.43. The van der Waals surface area contributed by atoms with E-state index in [1.807, 2.05) is 36.4 Å². The smallest absolute Gasteiger partial charge is 0.303 e. The molecule has 1 aliphatic rings. The third-order valence-electron chi connectivity index (χ3n) is 4.77. The molecule has 25 heavy (non-hydrogen) atoms. The van der Waals surface area contributed by atoms with Crippen molar-refractivity contribution in [1.82, 2.24) is 0 Å². The second-order valence-corrected chi connectivity index (χ2v) is 7.12. The number of halogens is 1. The Kier molecular flexibility index (Phi) is 7.66. The van der Waals surface area contributed by atoms with Gasteiger partial charge in [-0.2, -0.15) is 0 Å². The number of carboxylic acid groups (broad SMARTS) is 1. The van der Waals surface area contributed by atoms with E-state index in [0.717, 1.165) is 31.2 Å². The minimum Gasteiger partial charge on any atom is -0.481 e. The summed E-state index contributed by atoms with van der Waals surface area (Å²) in [5, 5.41) is 19.5. The second kappa shape index (κ2) is 9.73. The Morgan fingerprint density at radius 2 is 1.84 bits per heavy atom. The summed E-state index contributed by atoms with van der Waals surface area (Å²) in [5.74, 6) is -0.925. The third-order valence-corrected chi connectivity index (χ3v) is 5.02. The zero-order valence-corrected chi connectivity index (χ0v) is 15.0. The number of carbonyl (C=O) groups excluding carboxylic acids is 1. The van der Waals surface area contributed by atoms with Gasteiger partial charge < -0.3 is 10.2 Å². The van der Waals surface area contributed by atoms with Crippen molar-refractivity contribution in [2.24, 2.45) is 11.8 Å². The molecule has 4 nitrogen and oxygen atoms in total. The summed E-state index contributed by atoms with van der Waals surface area (Å²) in [6.45, 7) is 0. The van der Waals surface area contributed by atoms with Crippen LogP contribution < -0.4 is 0 Å². The van der Waals surface area contributed by atoms with Crippen molar-refractivity contribution in [2.45, 2.75) is 51.0 Å². The van der Waals surface area contributed by atoms with E-state index >= 15 is 0 Å². The van der Waals surface area contributed by atoms with E-state index in [2.05, 4.69) is 0 Å². The van der Waals surface area contributed by atoms with E-state index in [1.165, 1.54) is 0 Å². The Morgan fingerprint density at radius 3 is 2.52 bits per heavy atom. The van der Waals surface area contributed by atoms with E-state index in [9.17, 15) is 14.7 Å². The maximum absolute atomic E-state index is 12.2. The average Bonchev–Trinajstić information content (AvgIpc) is 2.83. The van der Waals surface area contributed by atoms with Crippen molar-refractivity contribution >= 4 is 29.4 Å². The van der Waals surface area contributed by atoms with Gasteiger partial charge in [0.05, 0.1) is 6.10 Å². The van der Waals surface area contributed by atoms with Crippen LogP contribution in [-0.2, 0) is 9.59 Å². The van der Waals surface area contributed by atoms with Crippen molar-refractivity contribution in [2.75, 3.05) is 0 Å². The number of aliphatic carboxylic acids is 1. The summed E-state index contributed by atoms with van der Waals surface area (Å²) >= 11 is 5.87. The van der Waals surface area contributed by atoms with Gasteiger partial charge in [0, 0.05) is 29.7 Å². The van der Waals surface area contributed by atoms with E-state index in [0.29, 0.717) is 11.4 Å². The molecular formula is C20H25ClO4. The summed E-state index contributed by atoms with van der Waals surface area (Å²) in [6.07, 6.45) is 7.77. The molecule has 0 amide bonds. The molecule has 1 fully saturated rings. The predicted molar refractivity (Wildman–Crippen MR) is 98.4 cm³/mol. The molecule has 0 unspecified atom stereocenters. The van der Waals surface area contributed by atoms with E-state index in [1.54, 1.807) is 0 Å². The van der Waals surface area contributed by atoms with Gasteiger partial charge in [-0.1, -0.05) is 55.1 Å². The Morgan fingerprint density at radius 1 is 1.16 bits per heavy atom. The number of hydrogen-bond donors (Lipinski definition) is 2. The molecule has 2 rings (SSSR count). The predicted octanol–water partition coefficient (Wildman–Crippen LogP) is 4.34. The molecule has 5 heteroatoms. The molecule has 0 aliphatic heterocycles. The lowest BCUT2D eigenvalue weighted by molar-refractivity contribution is -0.137. The highest BCUT2D eigenvalue weighted by Crippen LogP contribution is 2.34. The number of rotatable bonds is 9. The van der Waals surface area contributed by atoms with Crippen molar-refractivity contribution < 1.29 is 19.8 Å². The highest BCUT2D eigenvalue weighted by molar-refractivity contribution is 6.30. The minimum atomic E-state index is -0.763. The van der Waals surface area contributed by atoms with Crippen LogP contribution in [0.4, 0.5) is 0 Å². The molecule has 1 saturated carbocycles. The largest absolute Gasteiger partial charge is 0.481 e. The monoisotopic (exact) mass is 364 g/mol. The first-order valence-electron chi connectivity index (χ1n) is 8.83. The molecule has 0 heterocycles. The van der Waals surface area contributed by atoms with Gasteiger partial charge in [0.25, 0.3) is 0 Å². The highest BCUT2D eigenvalue weighted by atomic mass is 35.5. The Balaban J connectivity index is 1.86. The van der Waals surface area contributed by atoms with Gasteiger partial charge >= 0.3 is 5.97 Å². The lowest BCUT2D eigenvalue weighted by atomic mass is 9.88. The summed E-state index contributed by atoms with van der Waals surface area (Å²) in [5.41, 5.74) is 0.989. The van der Waals surface area contributed by atoms with Crippen molar-refractivity contribution in [3.05, 3.63) is 40.9 Å². The van der Waals surface area contributed by atoms with Crippen LogP contribution in [0.5, 0.6) is 0 Å². The average molecular weight is 365 g/mol. The number of hydrogen-bond acceptors (Lipinski definition) is 3. The molecule has 0 radical (unpaired) electrons. The fourth-order valence-corrected chi connectivity index (χ4v) is 3.51. The summed E-state index contributed by atoms with van der Waals surface area (Å²) in [4.78, 5) is 22.7. The molecule has 1 aromatic rings. The van der Waals surface area contributed by atoms with Crippen molar-refractivity contribution in [3.8, 4) is 0 Å². The van der Waals surface area contributed by atoms with Crippen molar-refractivity contribution in [1.29, 1.82) is 0 Å². The quantitative estimate of drug-likeness (QED) is 0.639. The highest BCUT2D eigenvalue weighted by Gasteiger charge is 2.39. The van der Waals surface area contributed by atoms with Gasteiger partial charge in [-0.05, 0) is 30.5 Å².